The van der Waals surface area contributed by atoms with Gasteiger partial charge in [-0.3, -0.25) is 24.6 Å². The summed E-state index contributed by atoms with van der Waals surface area (Å²) in [6, 6.07) is 8.60. The Morgan fingerprint density at radius 2 is 2.00 bits per heavy atom. The molecular weight excluding hydrogens is 294 g/mol. The number of nitrogens with zero attached hydrogens (tertiary/aromatic N) is 1. The van der Waals surface area contributed by atoms with Gasteiger partial charge in [-0.25, -0.2) is 0 Å². The SMILES string of the molecule is NCc1ccc2c3c(cccc13)N(C1CCC(=O)NC1=O)C2=O. The van der Waals surface area contributed by atoms with Crippen LogP contribution in [-0.4, -0.2) is 23.8 Å². The maximum absolute atomic E-state index is 12.8. The molecule has 0 radical (unpaired) electrons. The smallest absolute Gasteiger partial charge is 0.259 e. The van der Waals surface area contributed by atoms with Crippen LogP contribution in [0.2, 0.25) is 0 Å². The average molecular weight is 309 g/mol. The van der Waals surface area contributed by atoms with E-state index < -0.39 is 11.9 Å². The fraction of sp³-hybridized carbons (Fsp3) is 0.235. The summed E-state index contributed by atoms with van der Waals surface area (Å²) in [6.45, 7) is 0.382. The molecule has 0 bridgehead atoms. The van der Waals surface area contributed by atoms with Crippen LogP contribution in [0.1, 0.15) is 28.8 Å². The van der Waals surface area contributed by atoms with Crippen molar-refractivity contribution >= 4 is 34.2 Å². The lowest BCUT2D eigenvalue weighted by Crippen LogP contribution is -2.53. The van der Waals surface area contributed by atoms with Crippen molar-refractivity contribution in [2.24, 2.45) is 5.73 Å². The molecule has 0 aromatic heterocycles. The highest BCUT2D eigenvalue weighted by atomic mass is 16.2. The van der Waals surface area contributed by atoms with Gasteiger partial charge in [0.05, 0.1) is 5.69 Å². The molecule has 0 saturated carbocycles. The van der Waals surface area contributed by atoms with Gasteiger partial charge in [0.25, 0.3) is 5.91 Å². The molecule has 2 aromatic carbocycles. The van der Waals surface area contributed by atoms with Gasteiger partial charge in [0.2, 0.25) is 11.8 Å². The number of piperidine rings is 1. The Kier molecular flexibility index (Phi) is 2.96. The van der Waals surface area contributed by atoms with Crippen LogP contribution >= 0.6 is 0 Å². The molecular formula is C17H15N3O3. The lowest BCUT2D eigenvalue weighted by atomic mass is 10.00. The van der Waals surface area contributed by atoms with E-state index in [1.165, 1.54) is 4.90 Å². The summed E-state index contributed by atoms with van der Waals surface area (Å²) >= 11 is 0. The van der Waals surface area contributed by atoms with E-state index in [1.807, 2.05) is 24.3 Å². The lowest BCUT2D eigenvalue weighted by Gasteiger charge is -2.30. The Balaban J connectivity index is 1.88. The van der Waals surface area contributed by atoms with Gasteiger partial charge in [0.15, 0.2) is 0 Å². The molecule has 1 unspecified atom stereocenters. The Morgan fingerprint density at radius 3 is 2.74 bits per heavy atom. The largest absolute Gasteiger partial charge is 0.326 e. The minimum Gasteiger partial charge on any atom is -0.326 e. The van der Waals surface area contributed by atoms with Crippen molar-refractivity contribution in [1.29, 1.82) is 0 Å². The van der Waals surface area contributed by atoms with E-state index in [9.17, 15) is 14.4 Å². The first-order chi connectivity index (χ1) is 11.1. The maximum Gasteiger partial charge on any atom is 0.259 e. The molecule has 0 spiro atoms. The molecule has 0 aliphatic carbocycles. The van der Waals surface area contributed by atoms with E-state index in [2.05, 4.69) is 5.32 Å². The third-order valence-corrected chi connectivity index (χ3v) is 4.56. The van der Waals surface area contributed by atoms with Gasteiger partial charge in [-0.2, -0.15) is 0 Å². The van der Waals surface area contributed by atoms with Crippen LogP contribution in [-0.2, 0) is 16.1 Å². The predicted molar refractivity (Wildman–Crippen MR) is 84.8 cm³/mol. The van der Waals surface area contributed by atoms with Gasteiger partial charge in [0.1, 0.15) is 6.04 Å². The van der Waals surface area contributed by atoms with Crippen molar-refractivity contribution in [3.05, 3.63) is 41.5 Å². The quantitative estimate of drug-likeness (QED) is 0.811. The fourth-order valence-electron chi connectivity index (χ4n) is 3.48. The molecule has 6 heteroatoms. The third kappa shape index (κ3) is 1.88. The molecule has 2 heterocycles. The second-order valence-corrected chi connectivity index (χ2v) is 5.82. The molecule has 1 fully saturated rings. The summed E-state index contributed by atoms with van der Waals surface area (Å²) in [5, 5.41) is 4.09. The van der Waals surface area contributed by atoms with Crippen molar-refractivity contribution in [2.45, 2.75) is 25.4 Å². The number of carbonyl (C=O) groups is 3. The molecule has 1 atom stereocenters. The molecule has 3 amide bonds. The van der Waals surface area contributed by atoms with Gasteiger partial charge in [-0.05, 0) is 29.5 Å². The summed E-state index contributed by atoms with van der Waals surface area (Å²) in [6.07, 6.45) is 0.574. The number of imide groups is 1. The van der Waals surface area contributed by atoms with E-state index in [4.69, 9.17) is 5.73 Å². The normalized spacial score (nSPS) is 20.3. The minimum atomic E-state index is -0.653. The van der Waals surface area contributed by atoms with Crippen molar-refractivity contribution in [1.82, 2.24) is 5.32 Å². The molecule has 1 saturated heterocycles. The Labute approximate surface area is 132 Å². The van der Waals surface area contributed by atoms with Crippen molar-refractivity contribution in [2.75, 3.05) is 4.90 Å². The lowest BCUT2D eigenvalue weighted by molar-refractivity contribution is -0.134. The van der Waals surface area contributed by atoms with Gasteiger partial charge >= 0.3 is 0 Å². The Bertz CT molecular complexity index is 875. The van der Waals surface area contributed by atoms with Crippen LogP contribution in [0.5, 0.6) is 0 Å². The number of hydrogen-bond donors (Lipinski definition) is 2. The Morgan fingerprint density at radius 1 is 1.17 bits per heavy atom. The highest BCUT2D eigenvalue weighted by Crippen LogP contribution is 2.40. The number of amides is 3. The van der Waals surface area contributed by atoms with E-state index in [0.29, 0.717) is 24.2 Å². The van der Waals surface area contributed by atoms with Crippen LogP contribution in [0.15, 0.2) is 30.3 Å². The predicted octanol–water partition coefficient (Wildman–Crippen LogP) is 1.06. The molecule has 116 valence electrons. The number of carbonyl (C=O) groups excluding carboxylic acids is 3. The van der Waals surface area contributed by atoms with Gasteiger partial charge in [0, 0.05) is 23.9 Å². The van der Waals surface area contributed by atoms with Crippen molar-refractivity contribution in [3.8, 4) is 0 Å². The van der Waals surface area contributed by atoms with Crippen LogP contribution in [0.3, 0.4) is 0 Å². The van der Waals surface area contributed by atoms with Crippen molar-refractivity contribution < 1.29 is 14.4 Å². The minimum absolute atomic E-state index is 0.200. The zero-order chi connectivity index (χ0) is 16.1. The first kappa shape index (κ1) is 13.9. The second kappa shape index (κ2) is 4.89. The summed E-state index contributed by atoms with van der Waals surface area (Å²) in [5.41, 5.74) is 8.04. The fourth-order valence-corrected chi connectivity index (χ4v) is 3.48. The first-order valence-corrected chi connectivity index (χ1v) is 7.53. The zero-order valence-electron chi connectivity index (χ0n) is 12.3. The zero-order valence-corrected chi connectivity index (χ0v) is 12.3. The summed E-state index contributed by atoms with van der Waals surface area (Å²) in [4.78, 5) is 37.9. The molecule has 6 nitrogen and oxygen atoms in total. The van der Waals surface area contributed by atoms with Crippen LogP contribution < -0.4 is 16.0 Å². The van der Waals surface area contributed by atoms with E-state index in [-0.39, 0.29) is 18.2 Å². The van der Waals surface area contributed by atoms with E-state index in [1.54, 1.807) is 6.07 Å². The molecule has 2 aromatic rings. The summed E-state index contributed by atoms with van der Waals surface area (Å²) in [5.74, 6) is -0.910. The molecule has 23 heavy (non-hydrogen) atoms. The van der Waals surface area contributed by atoms with Crippen LogP contribution in [0.25, 0.3) is 10.8 Å². The number of benzene rings is 2. The number of hydrogen-bond acceptors (Lipinski definition) is 4. The number of nitrogens with two attached hydrogens (primary N) is 1. The average Bonchev–Trinajstić information content (AvgIpc) is 2.83. The molecule has 2 aliphatic heterocycles. The monoisotopic (exact) mass is 309 g/mol. The number of nitrogens with one attached hydrogen (secondary N) is 1. The highest BCUT2D eigenvalue weighted by Gasteiger charge is 2.40. The van der Waals surface area contributed by atoms with Crippen LogP contribution in [0, 0.1) is 0 Å². The van der Waals surface area contributed by atoms with Crippen LogP contribution in [0.4, 0.5) is 5.69 Å². The molecule has 3 N–H and O–H groups in total. The first-order valence-electron chi connectivity index (χ1n) is 7.53. The third-order valence-electron chi connectivity index (χ3n) is 4.56. The number of rotatable bonds is 2. The second-order valence-electron chi connectivity index (χ2n) is 5.82. The van der Waals surface area contributed by atoms with E-state index in [0.717, 1.165) is 16.3 Å². The van der Waals surface area contributed by atoms with Crippen molar-refractivity contribution in [3.63, 3.8) is 0 Å². The molecule has 4 rings (SSSR count). The number of anilines is 1. The summed E-state index contributed by atoms with van der Waals surface area (Å²) in [7, 11) is 0. The summed E-state index contributed by atoms with van der Waals surface area (Å²) < 4.78 is 0. The van der Waals surface area contributed by atoms with E-state index >= 15 is 0 Å². The standard InChI is InChI=1S/C17H15N3O3/c18-8-9-4-5-11-15-10(9)2-1-3-12(15)20(17(11)23)13-6-7-14(21)19-16(13)22/h1-5,13H,6-8,18H2,(H,19,21,22). The van der Waals surface area contributed by atoms with Gasteiger partial charge in [-0.1, -0.05) is 18.2 Å². The topological polar surface area (TPSA) is 92.5 Å². The maximum atomic E-state index is 12.8. The Hall–Kier alpha value is -2.73. The highest BCUT2D eigenvalue weighted by molar-refractivity contribution is 6.27. The van der Waals surface area contributed by atoms with Gasteiger partial charge < -0.3 is 5.73 Å². The van der Waals surface area contributed by atoms with Gasteiger partial charge in [-0.15, -0.1) is 0 Å². The molecule has 2 aliphatic rings.